The zero-order chi connectivity index (χ0) is 57.1. The number of fused-ring (bicyclic) bond motifs is 1. The Balaban J connectivity index is 1.91. The van der Waals surface area contributed by atoms with Gasteiger partial charge in [0.2, 0.25) is 41.4 Å². The van der Waals surface area contributed by atoms with Crippen LogP contribution in [0.15, 0.2) is 54.6 Å². The van der Waals surface area contributed by atoms with Gasteiger partial charge in [-0.25, -0.2) is 4.79 Å². The fourth-order valence-corrected chi connectivity index (χ4v) is 9.77. The van der Waals surface area contributed by atoms with Gasteiger partial charge in [-0.1, -0.05) is 102 Å². The van der Waals surface area contributed by atoms with Crippen LogP contribution >= 0.6 is 11.6 Å². The average Bonchev–Trinajstić information content (AvgIpc) is 3.88. The Kier molecular flexibility index (Phi) is 22.4. The third-order valence-corrected chi connectivity index (χ3v) is 15.4. The van der Waals surface area contributed by atoms with Crippen molar-refractivity contribution >= 4 is 64.8 Å². The highest BCUT2D eigenvalue weighted by atomic mass is 35.5. The minimum atomic E-state index is -1.96. The molecule has 4 rings (SSSR count). The van der Waals surface area contributed by atoms with Crippen LogP contribution in [0.3, 0.4) is 0 Å². The van der Waals surface area contributed by atoms with E-state index in [4.69, 9.17) is 16.3 Å². The third-order valence-electron chi connectivity index (χ3n) is 15.2. The maximum absolute atomic E-state index is 15.2. The Morgan fingerprint density at radius 2 is 1.17 bits per heavy atom. The molecule has 2 saturated heterocycles. The highest BCUT2D eigenvalue weighted by molar-refractivity contribution is 6.30. The summed E-state index contributed by atoms with van der Waals surface area (Å²) in [5.74, 6) is -7.80. The van der Waals surface area contributed by atoms with Crippen molar-refractivity contribution < 1.29 is 53.0 Å². The van der Waals surface area contributed by atoms with Crippen LogP contribution < -0.4 is 16.0 Å². The number of cyclic esters (lactones) is 1. The number of nitrogens with one attached hydrogen (secondary N) is 3. The topological polar surface area (TPSA) is 235 Å². The molecule has 0 spiro atoms. The van der Waals surface area contributed by atoms with Crippen molar-refractivity contribution in [2.75, 3.05) is 34.7 Å². The summed E-state index contributed by atoms with van der Waals surface area (Å²) in [4.78, 5) is 138. The molecule has 11 atom stereocenters. The second-order valence-electron chi connectivity index (χ2n) is 21.8. The number of carbonyl (C=O) groups excluding carboxylic acids is 9. The number of rotatable bonds is 11. The Bertz CT molecular complexity index is 2380. The van der Waals surface area contributed by atoms with Gasteiger partial charge in [0.05, 0.1) is 5.60 Å². The third kappa shape index (κ3) is 15.5. The summed E-state index contributed by atoms with van der Waals surface area (Å²) in [5.41, 5.74) is -0.640. The summed E-state index contributed by atoms with van der Waals surface area (Å²) >= 11 is 6.26. The lowest BCUT2D eigenvalue weighted by molar-refractivity contribution is -0.177. The predicted molar refractivity (Wildman–Crippen MR) is 288 cm³/mol. The first-order chi connectivity index (χ1) is 35.5. The van der Waals surface area contributed by atoms with Crippen LogP contribution in [-0.2, 0) is 60.7 Å². The molecule has 2 aliphatic rings. The van der Waals surface area contributed by atoms with Gasteiger partial charge >= 0.3 is 5.97 Å². The van der Waals surface area contributed by atoms with Crippen molar-refractivity contribution in [3.63, 3.8) is 0 Å². The van der Waals surface area contributed by atoms with Gasteiger partial charge in [-0.05, 0) is 88.5 Å². The van der Waals surface area contributed by atoms with E-state index in [-0.39, 0.29) is 38.1 Å². The van der Waals surface area contributed by atoms with E-state index in [1.54, 1.807) is 75.4 Å². The standard InChI is InChI=1S/C56H83ClN8O11/c1-15-33(5)44-53(72)61(11)35(7)47(66)58-40(29-32(3)4)51(70)64(14)46(56(9,10)75)55(74)76-45(34(6)16-2)54(73)62(12)36(8)48(67)59-41(30-37-21-18-17-19-22-37)50(69)63(13)43(31-38-24-26-39(57)27-25-38)52(71)65-28-20-23-42(65)49(68)60-44/h17-19,21-22,24-27,32-36,40-46,75H,15-16,20,23,28-31H2,1-14H3,(H,58,66)(H,59,67)(H,60,68)/t33?,34-,35+,36+,40?,41?,42+,43?,44?,45?,46?/m1/s1. The lowest BCUT2D eigenvalue weighted by Gasteiger charge is -2.39. The van der Waals surface area contributed by atoms with Gasteiger partial charge in [0.1, 0.15) is 42.3 Å². The fraction of sp³-hybridized carbons (Fsp3) is 0.625. The summed E-state index contributed by atoms with van der Waals surface area (Å²) in [6.07, 6.45) is -0.00963. The smallest absolute Gasteiger partial charge is 0.332 e. The first-order valence-corrected chi connectivity index (χ1v) is 26.9. The molecule has 2 aliphatic heterocycles. The lowest BCUT2D eigenvalue weighted by Crippen LogP contribution is -2.62. The zero-order valence-electron chi connectivity index (χ0n) is 46.9. The molecule has 20 heteroatoms. The fourth-order valence-electron chi connectivity index (χ4n) is 9.65. The molecular weight excluding hydrogens is 996 g/mol. The molecule has 4 N–H and O–H groups in total. The molecular formula is C56H83ClN8O11. The molecule has 2 aromatic rings. The highest BCUT2D eigenvalue weighted by Crippen LogP contribution is 2.26. The number of amides is 8. The van der Waals surface area contributed by atoms with Gasteiger partial charge in [0.25, 0.3) is 5.91 Å². The number of ether oxygens (including phenoxy) is 1. The molecule has 2 fully saturated rings. The van der Waals surface area contributed by atoms with E-state index in [9.17, 15) is 38.7 Å². The van der Waals surface area contributed by atoms with Gasteiger partial charge in [-0.3, -0.25) is 38.4 Å². The van der Waals surface area contributed by atoms with E-state index in [0.29, 0.717) is 35.4 Å². The number of hydrogen-bond donors (Lipinski definition) is 4. The van der Waals surface area contributed by atoms with Crippen LogP contribution in [0, 0.1) is 17.8 Å². The molecule has 19 nitrogen and oxygen atoms in total. The molecule has 76 heavy (non-hydrogen) atoms. The largest absolute Gasteiger partial charge is 0.450 e. The Morgan fingerprint density at radius 1 is 0.645 bits per heavy atom. The van der Waals surface area contributed by atoms with Gasteiger partial charge in [-0.2, -0.15) is 0 Å². The normalized spacial score (nSPS) is 26.9. The molecule has 0 aromatic heterocycles. The van der Waals surface area contributed by atoms with Crippen molar-refractivity contribution in [1.82, 2.24) is 40.4 Å². The van der Waals surface area contributed by atoms with Crippen LogP contribution in [-0.4, -0.2) is 178 Å². The average molecular weight is 1080 g/mol. The lowest BCUT2D eigenvalue weighted by atomic mass is 9.94. The number of halogens is 1. The summed E-state index contributed by atoms with van der Waals surface area (Å²) < 4.78 is 5.98. The molecule has 2 aromatic carbocycles. The van der Waals surface area contributed by atoms with Gasteiger partial charge in [-0.15, -0.1) is 0 Å². The molecule has 420 valence electrons. The Morgan fingerprint density at radius 3 is 1.71 bits per heavy atom. The molecule has 8 amide bonds. The van der Waals surface area contributed by atoms with Crippen LogP contribution in [0.5, 0.6) is 0 Å². The molecule has 7 unspecified atom stereocenters. The van der Waals surface area contributed by atoms with Crippen molar-refractivity contribution in [1.29, 1.82) is 0 Å². The van der Waals surface area contributed by atoms with E-state index in [2.05, 4.69) is 16.0 Å². The monoisotopic (exact) mass is 1080 g/mol. The van der Waals surface area contributed by atoms with Crippen molar-refractivity contribution in [2.24, 2.45) is 17.8 Å². The highest BCUT2D eigenvalue weighted by Gasteiger charge is 2.47. The minimum absolute atomic E-state index is 0.00902. The van der Waals surface area contributed by atoms with Crippen LogP contribution in [0.2, 0.25) is 5.02 Å². The molecule has 2 heterocycles. The molecule has 0 radical (unpaired) electrons. The number of likely N-dealkylation sites (N-methyl/N-ethyl adjacent to an activating group) is 4. The number of benzene rings is 2. The van der Waals surface area contributed by atoms with E-state index < -0.39 is 125 Å². The van der Waals surface area contributed by atoms with Crippen molar-refractivity contribution in [3.8, 4) is 0 Å². The number of aliphatic hydroxyl groups is 1. The molecule has 0 aliphatic carbocycles. The molecule has 0 bridgehead atoms. The first-order valence-electron chi connectivity index (χ1n) is 26.5. The second-order valence-corrected chi connectivity index (χ2v) is 22.2. The first kappa shape index (κ1) is 62.5. The van der Waals surface area contributed by atoms with Gasteiger partial charge in [0.15, 0.2) is 12.1 Å². The van der Waals surface area contributed by atoms with E-state index >= 15 is 9.59 Å². The summed E-state index contributed by atoms with van der Waals surface area (Å²) in [5, 5.41) is 20.5. The summed E-state index contributed by atoms with van der Waals surface area (Å²) in [7, 11) is 5.51. The summed E-state index contributed by atoms with van der Waals surface area (Å²) in [6, 6.07) is 5.54. The minimum Gasteiger partial charge on any atom is -0.450 e. The maximum atomic E-state index is 15.2. The quantitative estimate of drug-likeness (QED) is 0.237. The van der Waals surface area contributed by atoms with Gasteiger partial charge < -0.3 is 50.3 Å². The van der Waals surface area contributed by atoms with Crippen LogP contribution in [0.1, 0.15) is 112 Å². The zero-order valence-corrected chi connectivity index (χ0v) is 47.7. The number of esters is 1. The van der Waals surface area contributed by atoms with Gasteiger partial charge in [0, 0.05) is 58.5 Å². The second kappa shape index (κ2) is 27.3. The molecule has 0 saturated carbocycles. The Hall–Kier alpha value is -6.08. The maximum Gasteiger partial charge on any atom is 0.332 e. The Labute approximate surface area is 454 Å². The van der Waals surface area contributed by atoms with E-state index in [0.717, 1.165) is 9.80 Å². The number of carbonyl (C=O) groups is 9. The van der Waals surface area contributed by atoms with E-state index in [1.807, 2.05) is 20.8 Å². The SMILES string of the molecule is CCC(C)C1NC(=O)[C@@H]2CCCN2C(=O)C(Cc2ccc(Cl)cc2)N(C)C(=O)C(Cc2ccccc2)NC(=O)[C@H](C)N(C)C(=O)C([C@H](C)CC)OC(=O)C(C(C)(C)O)N(C)C(=O)C(CC(C)C)NC(=O)[C@H](C)N(C)C1=O. The predicted octanol–water partition coefficient (Wildman–Crippen LogP) is 3.75. The van der Waals surface area contributed by atoms with Crippen molar-refractivity contribution in [3.05, 3.63) is 70.7 Å². The summed E-state index contributed by atoms with van der Waals surface area (Å²) in [6.45, 7) is 16.4. The van der Waals surface area contributed by atoms with Crippen LogP contribution in [0.4, 0.5) is 0 Å². The number of nitrogens with zero attached hydrogens (tertiary/aromatic N) is 5. The van der Waals surface area contributed by atoms with Crippen molar-refractivity contribution in [2.45, 2.75) is 174 Å². The van der Waals surface area contributed by atoms with E-state index in [1.165, 1.54) is 70.6 Å². The van der Waals surface area contributed by atoms with Crippen LogP contribution in [0.25, 0.3) is 0 Å². The number of hydrogen-bond acceptors (Lipinski definition) is 11.